The molecule has 1 saturated heterocycles. The maximum atomic E-state index is 13.0. The van der Waals surface area contributed by atoms with Crippen LogP contribution in [0.25, 0.3) is 0 Å². The Balaban J connectivity index is 1.56. The van der Waals surface area contributed by atoms with E-state index in [2.05, 4.69) is 20.8 Å². The van der Waals surface area contributed by atoms with Crippen molar-refractivity contribution in [3.05, 3.63) is 0 Å². The first-order valence-electron chi connectivity index (χ1n) is 13.9. The molecule has 0 aromatic rings. The van der Waals surface area contributed by atoms with Gasteiger partial charge in [-0.15, -0.1) is 0 Å². The molecule has 14 atom stereocenters. The van der Waals surface area contributed by atoms with Gasteiger partial charge in [0.2, 0.25) is 0 Å². The lowest BCUT2D eigenvalue weighted by atomic mass is 9.48. The Morgan fingerprint density at radius 2 is 1.63 bits per heavy atom. The third-order valence-electron chi connectivity index (χ3n) is 11.7. The monoisotopic (exact) mass is 496 g/mol. The van der Waals surface area contributed by atoms with E-state index in [-0.39, 0.29) is 65.8 Å². The Bertz CT molecular complexity index is 774. The molecule has 0 amide bonds. The van der Waals surface area contributed by atoms with Crippen LogP contribution in [0, 0.1) is 58.2 Å². The van der Waals surface area contributed by atoms with Crippen LogP contribution in [-0.4, -0.2) is 69.1 Å². The van der Waals surface area contributed by atoms with E-state index in [1.165, 1.54) is 0 Å². The number of aliphatic hydroxyl groups excluding tert-OH is 5. The molecule has 4 fully saturated rings. The van der Waals surface area contributed by atoms with Crippen LogP contribution in [0.5, 0.6) is 0 Å². The van der Waals surface area contributed by atoms with E-state index >= 15 is 0 Å². The molecule has 1 unspecified atom stereocenters. The Labute approximate surface area is 210 Å². The van der Waals surface area contributed by atoms with E-state index in [0.717, 1.165) is 25.7 Å². The first-order chi connectivity index (χ1) is 16.4. The van der Waals surface area contributed by atoms with Gasteiger partial charge in [0.15, 0.2) is 0 Å². The molecule has 7 nitrogen and oxygen atoms in total. The summed E-state index contributed by atoms with van der Waals surface area (Å²) in [6, 6.07) is 0. The maximum absolute atomic E-state index is 13.0. The first kappa shape index (κ1) is 27.3. The van der Waals surface area contributed by atoms with Gasteiger partial charge in [-0.1, -0.05) is 34.6 Å². The number of rotatable bonds is 6. The van der Waals surface area contributed by atoms with Gasteiger partial charge in [0, 0.05) is 6.61 Å². The summed E-state index contributed by atoms with van der Waals surface area (Å²) in [4.78, 5) is 13.0. The number of fused-ring (bicyclic) bond motifs is 5. The van der Waals surface area contributed by atoms with E-state index in [1.54, 1.807) is 0 Å². The Kier molecular flexibility index (Phi) is 7.70. The van der Waals surface area contributed by atoms with Crippen LogP contribution in [0.3, 0.4) is 0 Å². The highest BCUT2D eigenvalue weighted by molar-refractivity contribution is 5.74. The van der Waals surface area contributed by atoms with Crippen LogP contribution in [-0.2, 0) is 9.53 Å². The van der Waals surface area contributed by atoms with Crippen molar-refractivity contribution in [2.45, 2.75) is 97.6 Å². The zero-order chi connectivity index (χ0) is 25.9. The lowest BCUT2D eigenvalue weighted by molar-refractivity contribution is -0.162. The molecule has 0 spiro atoms. The van der Waals surface area contributed by atoms with Crippen LogP contribution in [0.4, 0.5) is 0 Å². The van der Waals surface area contributed by atoms with E-state index in [1.807, 2.05) is 13.8 Å². The molecular weight excluding hydrogens is 448 g/mol. The standard InChI is InChI=1S/C28H48O7/c1-14(12-29)15(2)24(32)25(33)16(3)18-6-7-19-17-13-35-26(34)21-10-22(30)23(31)11-28(21,5)20(17)8-9-27(18,19)4/h14-25,29-33H,6-13H2,1-5H3/t14?,15-,16+,17+,18+,19+,20+,21-,22+,23-,24-,25-,27+,28-/m1/s1. The molecule has 4 aliphatic rings. The van der Waals surface area contributed by atoms with Gasteiger partial charge in [-0.25, -0.2) is 0 Å². The number of hydrogen-bond acceptors (Lipinski definition) is 7. The molecule has 0 radical (unpaired) electrons. The minimum absolute atomic E-state index is 0.0180. The lowest BCUT2D eigenvalue weighted by Gasteiger charge is -2.56. The molecule has 7 heteroatoms. The fourth-order valence-electron chi connectivity index (χ4n) is 9.06. The summed E-state index contributed by atoms with van der Waals surface area (Å²) in [5.74, 6) is 0.0316. The summed E-state index contributed by atoms with van der Waals surface area (Å²) in [6.07, 6.45) is 1.12. The summed E-state index contributed by atoms with van der Waals surface area (Å²) in [7, 11) is 0. The number of hydrogen-bond donors (Lipinski definition) is 5. The summed E-state index contributed by atoms with van der Waals surface area (Å²) in [5.41, 5.74) is -0.421. The van der Waals surface area contributed by atoms with Gasteiger partial charge < -0.3 is 30.3 Å². The van der Waals surface area contributed by atoms with Gasteiger partial charge in [0.05, 0.1) is 36.9 Å². The molecule has 0 bridgehead atoms. The van der Waals surface area contributed by atoms with Crippen molar-refractivity contribution in [2.75, 3.05) is 13.2 Å². The largest absolute Gasteiger partial charge is 0.465 e. The highest BCUT2D eigenvalue weighted by Crippen LogP contribution is 2.66. The maximum Gasteiger partial charge on any atom is 0.309 e. The Morgan fingerprint density at radius 1 is 0.971 bits per heavy atom. The number of esters is 1. The average molecular weight is 497 g/mol. The molecular formula is C28H48O7. The minimum Gasteiger partial charge on any atom is -0.465 e. The van der Waals surface area contributed by atoms with Crippen molar-refractivity contribution >= 4 is 5.97 Å². The van der Waals surface area contributed by atoms with E-state index < -0.39 is 29.8 Å². The zero-order valence-electron chi connectivity index (χ0n) is 22.1. The van der Waals surface area contributed by atoms with Gasteiger partial charge >= 0.3 is 5.97 Å². The van der Waals surface area contributed by atoms with Crippen LogP contribution in [0.2, 0.25) is 0 Å². The van der Waals surface area contributed by atoms with Crippen molar-refractivity contribution in [1.82, 2.24) is 0 Å². The number of ether oxygens (including phenoxy) is 1. The third-order valence-corrected chi connectivity index (χ3v) is 11.7. The second-order valence-electron chi connectivity index (χ2n) is 13.2. The molecule has 202 valence electrons. The molecule has 5 N–H and O–H groups in total. The molecule has 1 heterocycles. The highest BCUT2D eigenvalue weighted by atomic mass is 16.5. The topological polar surface area (TPSA) is 127 Å². The van der Waals surface area contributed by atoms with Gasteiger partial charge in [0.1, 0.15) is 0 Å². The fraction of sp³-hybridized carbons (Fsp3) is 0.964. The van der Waals surface area contributed by atoms with Crippen LogP contribution >= 0.6 is 0 Å². The van der Waals surface area contributed by atoms with E-state index in [0.29, 0.717) is 18.9 Å². The molecule has 1 aliphatic heterocycles. The molecule has 0 aromatic carbocycles. The average Bonchev–Trinajstić information content (AvgIpc) is 3.14. The molecule has 35 heavy (non-hydrogen) atoms. The summed E-state index contributed by atoms with van der Waals surface area (Å²) >= 11 is 0. The molecule has 3 aliphatic carbocycles. The van der Waals surface area contributed by atoms with Crippen molar-refractivity contribution in [3.8, 4) is 0 Å². The predicted octanol–water partition coefficient (Wildman–Crippen LogP) is 2.36. The van der Waals surface area contributed by atoms with Gasteiger partial charge in [0.25, 0.3) is 0 Å². The second-order valence-corrected chi connectivity index (χ2v) is 13.2. The smallest absolute Gasteiger partial charge is 0.309 e. The number of carbonyl (C=O) groups excluding carboxylic acids is 1. The third kappa shape index (κ3) is 4.37. The fourth-order valence-corrected chi connectivity index (χ4v) is 9.06. The first-order valence-corrected chi connectivity index (χ1v) is 13.9. The number of carbonyl (C=O) groups is 1. The van der Waals surface area contributed by atoms with Crippen LogP contribution in [0.15, 0.2) is 0 Å². The quantitative estimate of drug-likeness (QED) is 0.357. The second kappa shape index (κ2) is 9.86. The minimum atomic E-state index is -0.889. The Morgan fingerprint density at radius 3 is 2.29 bits per heavy atom. The summed E-state index contributed by atoms with van der Waals surface area (Å²) in [5, 5.41) is 52.4. The predicted molar refractivity (Wildman–Crippen MR) is 131 cm³/mol. The van der Waals surface area contributed by atoms with Gasteiger partial charge in [-0.05, 0) is 90.8 Å². The van der Waals surface area contributed by atoms with Gasteiger partial charge in [-0.2, -0.15) is 0 Å². The van der Waals surface area contributed by atoms with Crippen molar-refractivity contribution in [3.63, 3.8) is 0 Å². The SMILES string of the molecule is CC(CO)[C@@H](C)[C@@H](O)[C@H](O)[C@@H](C)[C@@H]1CC[C@H]2[C@@H]3COC(=O)[C@H]4C[C@H](O)[C@H](O)C[C@]4(C)[C@H]3CC[C@@]12C. The highest BCUT2D eigenvalue weighted by Gasteiger charge is 2.63. The number of aliphatic hydroxyl groups is 5. The van der Waals surface area contributed by atoms with Crippen LogP contribution < -0.4 is 0 Å². The lowest BCUT2D eigenvalue weighted by Crippen LogP contribution is -2.55. The molecule has 4 rings (SSSR count). The van der Waals surface area contributed by atoms with E-state index in [9.17, 15) is 30.3 Å². The van der Waals surface area contributed by atoms with Crippen molar-refractivity contribution in [2.24, 2.45) is 58.2 Å². The van der Waals surface area contributed by atoms with Crippen molar-refractivity contribution < 1.29 is 35.1 Å². The zero-order valence-corrected chi connectivity index (χ0v) is 22.1. The van der Waals surface area contributed by atoms with Crippen molar-refractivity contribution in [1.29, 1.82) is 0 Å². The van der Waals surface area contributed by atoms with Gasteiger partial charge in [-0.3, -0.25) is 4.79 Å². The summed E-state index contributed by atoms with van der Waals surface area (Å²) < 4.78 is 5.85. The molecule has 3 saturated carbocycles. The normalized spacial score (nSPS) is 47.8. The Hall–Kier alpha value is -0.730. The number of cyclic esters (lactones) is 1. The van der Waals surface area contributed by atoms with E-state index in [4.69, 9.17) is 4.74 Å². The molecule has 0 aromatic heterocycles. The summed E-state index contributed by atoms with van der Waals surface area (Å²) in [6.45, 7) is 10.7. The van der Waals surface area contributed by atoms with Crippen LogP contribution in [0.1, 0.15) is 73.1 Å².